The lowest BCUT2D eigenvalue weighted by Crippen LogP contribution is -2.50. The Hall–Kier alpha value is -0.840. The Kier molecular flexibility index (Phi) is 6.24. The van der Waals surface area contributed by atoms with Gasteiger partial charge in [0.15, 0.2) is 0 Å². The van der Waals surface area contributed by atoms with E-state index in [4.69, 9.17) is 39.5 Å². The van der Waals surface area contributed by atoms with Crippen molar-refractivity contribution < 1.29 is 9.53 Å². The van der Waals surface area contributed by atoms with Gasteiger partial charge in [0.1, 0.15) is 11.9 Å². The van der Waals surface area contributed by atoms with Crippen molar-refractivity contribution in [3.05, 3.63) is 24.3 Å². The van der Waals surface area contributed by atoms with Crippen LogP contribution in [-0.2, 0) is 4.79 Å². The highest BCUT2D eigenvalue weighted by atomic mass is 35.6. The van der Waals surface area contributed by atoms with Crippen LogP contribution in [0.5, 0.6) is 5.75 Å². The minimum Gasteiger partial charge on any atom is -0.495 e. The number of carbonyl (C=O) groups excluding carboxylic acids is 1. The van der Waals surface area contributed by atoms with Crippen molar-refractivity contribution in [3.63, 3.8) is 0 Å². The molecule has 0 saturated heterocycles. The van der Waals surface area contributed by atoms with Crippen molar-refractivity contribution in [2.75, 3.05) is 12.4 Å². The van der Waals surface area contributed by atoms with Crippen molar-refractivity contribution in [1.82, 2.24) is 5.32 Å². The van der Waals surface area contributed by atoms with E-state index in [9.17, 15) is 4.79 Å². The van der Waals surface area contributed by atoms with Gasteiger partial charge in [-0.05, 0) is 12.1 Å². The molecule has 20 heavy (non-hydrogen) atoms. The molecule has 7 heteroatoms. The van der Waals surface area contributed by atoms with Crippen LogP contribution in [0.25, 0.3) is 0 Å². The van der Waals surface area contributed by atoms with Crippen LogP contribution in [-0.4, -0.2) is 23.0 Å². The van der Waals surface area contributed by atoms with Crippen LogP contribution < -0.4 is 15.4 Å². The Morgan fingerprint density at radius 2 is 1.85 bits per heavy atom. The van der Waals surface area contributed by atoms with Crippen molar-refractivity contribution in [1.29, 1.82) is 0 Å². The molecule has 1 amide bonds. The molecule has 0 aliphatic heterocycles. The van der Waals surface area contributed by atoms with Crippen LogP contribution in [0.4, 0.5) is 5.69 Å². The molecule has 1 aromatic carbocycles. The number of rotatable bonds is 5. The number of methoxy groups -OCH3 is 1. The molecule has 1 rings (SSSR count). The van der Waals surface area contributed by atoms with Crippen molar-refractivity contribution >= 4 is 46.4 Å². The predicted molar refractivity (Wildman–Crippen MR) is 83.7 cm³/mol. The van der Waals surface area contributed by atoms with E-state index in [1.807, 2.05) is 12.1 Å². The van der Waals surface area contributed by atoms with Gasteiger partial charge in [-0.25, -0.2) is 0 Å². The number of amides is 1. The van der Waals surface area contributed by atoms with E-state index in [-0.39, 0.29) is 11.8 Å². The fourth-order valence-corrected chi connectivity index (χ4v) is 1.76. The van der Waals surface area contributed by atoms with Crippen molar-refractivity contribution in [2.45, 2.75) is 23.8 Å². The first-order valence-electron chi connectivity index (χ1n) is 6.02. The van der Waals surface area contributed by atoms with E-state index in [0.29, 0.717) is 11.4 Å². The summed E-state index contributed by atoms with van der Waals surface area (Å²) in [5, 5.41) is 5.63. The van der Waals surface area contributed by atoms with Crippen LogP contribution in [0.1, 0.15) is 13.8 Å². The Morgan fingerprint density at radius 3 is 2.35 bits per heavy atom. The topological polar surface area (TPSA) is 50.4 Å². The summed E-state index contributed by atoms with van der Waals surface area (Å²) in [5.74, 6) is 0.151. The Morgan fingerprint density at radius 1 is 1.25 bits per heavy atom. The van der Waals surface area contributed by atoms with Gasteiger partial charge in [0.05, 0.1) is 12.8 Å². The minimum absolute atomic E-state index is 0.218. The summed E-state index contributed by atoms with van der Waals surface area (Å²) in [5.41, 5.74) is 0.621. The van der Waals surface area contributed by atoms with E-state index >= 15 is 0 Å². The summed E-state index contributed by atoms with van der Waals surface area (Å²) in [6.45, 7) is 3.52. The highest BCUT2D eigenvalue weighted by Crippen LogP contribution is 2.33. The van der Waals surface area contributed by atoms with E-state index in [0.717, 1.165) is 0 Å². The van der Waals surface area contributed by atoms with E-state index in [1.165, 1.54) is 7.11 Å². The molecule has 0 aliphatic rings. The first-order chi connectivity index (χ1) is 9.25. The van der Waals surface area contributed by atoms with Gasteiger partial charge in [0, 0.05) is 5.92 Å². The molecule has 0 aromatic heterocycles. The van der Waals surface area contributed by atoms with Crippen molar-refractivity contribution in [2.24, 2.45) is 5.92 Å². The number of benzene rings is 1. The number of hydrogen-bond acceptors (Lipinski definition) is 3. The summed E-state index contributed by atoms with van der Waals surface area (Å²) in [6, 6.07) is 7.16. The van der Waals surface area contributed by atoms with Gasteiger partial charge in [-0.1, -0.05) is 60.8 Å². The number of nitrogens with one attached hydrogen (secondary N) is 2. The lowest BCUT2D eigenvalue weighted by atomic mass is 10.2. The maximum Gasteiger partial charge on any atom is 0.228 e. The minimum atomic E-state index is -1.70. The zero-order valence-electron chi connectivity index (χ0n) is 11.4. The summed E-state index contributed by atoms with van der Waals surface area (Å²) in [4.78, 5) is 11.8. The SMILES string of the molecule is COc1ccccc1N[C@H](NC(=O)C(C)C)C(Cl)(Cl)Cl. The summed E-state index contributed by atoms with van der Waals surface area (Å²) < 4.78 is 3.50. The number of halogens is 3. The summed E-state index contributed by atoms with van der Waals surface area (Å²) in [6.07, 6.45) is -0.876. The third-order valence-electron chi connectivity index (χ3n) is 2.55. The monoisotopic (exact) mass is 338 g/mol. The van der Waals surface area contributed by atoms with Gasteiger partial charge >= 0.3 is 0 Å². The predicted octanol–water partition coefficient (Wildman–Crippen LogP) is 3.58. The van der Waals surface area contributed by atoms with Crippen LogP contribution in [0, 0.1) is 5.92 Å². The number of carbonyl (C=O) groups is 1. The van der Waals surface area contributed by atoms with Gasteiger partial charge in [-0.15, -0.1) is 0 Å². The van der Waals surface area contributed by atoms with Gasteiger partial charge in [-0.3, -0.25) is 4.79 Å². The second-order valence-electron chi connectivity index (χ2n) is 4.48. The molecular weight excluding hydrogens is 323 g/mol. The average Bonchev–Trinajstić information content (AvgIpc) is 2.37. The molecule has 0 bridgehead atoms. The van der Waals surface area contributed by atoms with Crippen LogP contribution >= 0.6 is 34.8 Å². The molecule has 0 unspecified atom stereocenters. The molecule has 112 valence electrons. The quantitative estimate of drug-likeness (QED) is 0.637. The Balaban J connectivity index is 2.93. The van der Waals surface area contributed by atoms with Gasteiger partial charge in [0.25, 0.3) is 0 Å². The second kappa shape index (κ2) is 7.25. The van der Waals surface area contributed by atoms with Crippen molar-refractivity contribution in [3.8, 4) is 5.75 Å². The molecule has 0 fully saturated rings. The maximum absolute atomic E-state index is 11.8. The number of anilines is 1. The fourth-order valence-electron chi connectivity index (χ4n) is 1.43. The number of para-hydroxylation sites is 2. The molecule has 4 nitrogen and oxygen atoms in total. The highest BCUT2D eigenvalue weighted by molar-refractivity contribution is 6.68. The van der Waals surface area contributed by atoms with E-state index in [2.05, 4.69) is 10.6 Å². The zero-order chi connectivity index (χ0) is 15.3. The molecular formula is C13H17Cl3N2O2. The molecule has 0 aliphatic carbocycles. The number of alkyl halides is 3. The molecule has 0 heterocycles. The molecule has 1 atom stereocenters. The molecule has 0 saturated carbocycles. The lowest BCUT2D eigenvalue weighted by molar-refractivity contribution is -0.124. The normalized spacial score (nSPS) is 12.9. The molecule has 0 radical (unpaired) electrons. The van der Waals surface area contributed by atoms with Crippen LogP contribution in [0.3, 0.4) is 0 Å². The zero-order valence-corrected chi connectivity index (χ0v) is 13.7. The summed E-state index contributed by atoms with van der Waals surface area (Å²) >= 11 is 17.7. The smallest absolute Gasteiger partial charge is 0.228 e. The first kappa shape index (κ1) is 17.2. The first-order valence-corrected chi connectivity index (χ1v) is 7.15. The third kappa shape index (κ3) is 4.93. The van der Waals surface area contributed by atoms with Gasteiger partial charge in [0.2, 0.25) is 9.70 Å². The van der Waals surface area contributed by atoms with E-state index in [1.54, 1.807) is 26.0 Å². The largest absolute Gasteiger partial charge is 0.495 e. The standard InChI is InChI=1S/C13H17Cl3N2O2/c1-8(2)11(19)18-12(13(14,15)16)17-9-6-4-5-7-10(9)20-3/h4-8,12,17H,1-3H3,(H,18,19)/t12-/m1/s1. The van der Waals surface area contributed by atoms with E-state index < -0.39 is 9.96 Å². The highest BCUT2D eigenvalue weighted by Gasteiger charge is 2.34. The second-order valence-corrected chi connectivity index (χ2v) is 6.85. The lowest BCUT2D eigenvalue weighted by Gasteiger charge is -2.28. The van der Waals surface area contributed by atoms with Crippen LogP contribution in [0.15, 0.2) is 24.3 Å². The fraction of sp³-hybridized carbons (Fsp3) is 0.462. The number of hydrogen-bond donors (Lipinski definition) is 2. The van der Waals surface area contributed by atoms with Gasteiger partial charge < -0.3 is 15.4 Å². The third-order valence-corrected chi connectivity index (χ3v) is 3.20. The Labute approximate surface area is 133 Å². The molecule has 0 spiro atoms. The van der Waals surface area contributed by atoms with Gasteiger partial charge in [-0.2, -0.15) is 0 Å². The molecule has 2 N–H and O–H groups in total. The average molecular weight is 340 g/mol. The molecule has 1 aromatic rings. The van der Waals surface area contributed by atoms with Crippen LogP contribution in [0.2, 0.25) is 0 Å². The number of ether oxygens (including phenoxy) is 1. The maximum atomic E-state index is 11.8. The summed E-state index contributed by atoms with van der Waals surface area (Å²) in [7, 11) is 1.54. The Bertz CT molecular complexity index is 461.